The average molecular weight is 444 g/mol. The molecule has 1 atom stereocenters. The predicted molar refractivity (Wildman–Crippen MR) is 115 cm³/mol. The van der Waals surface area contributed by atoms with E-state index in [1.54, 1.807) is 6.92 Å². The summed E-state index contributed by atoms with van der Waals surface area (Å²) >= 11 is 7.32. The van der Waals surface area contributed by atoms with Crippen molar-refractivity contribution in [2.45, 2.75) is 36.1 Å². The summed E-state index contributed by atoms with van der Waals surface area (Å²) in [5.74, 6) is 1.02. The lowest BCUT2D eigenvalue weighted by atomic mass is 10.2. The molecule has 1 aromatic heterocycles. The average Bonchev–Trinajstić information content (AvgIpc) is 3.50. The van der Waals surface area contributed by atoms with Gasteiger partial charge in [0.25, 0.3) is 5.69 Å². The summed E-state index contributed by atoms with van der Waals surface area (Å²) in [4.78, 5) is 27.6. The molecular formula is C20H18ClN5O3S. The topological polar surface area (TPSA) is 103 Å². The number of halogens is 1. The zero-order valence-electron chi connectivity index (χ0n) is 16.0. The van der Waals surface area contributed by atoms with E-state index >= 15 is 0 Å². The molecular weight excluding hydrogens is 426 g/mol. The van der Waals surface area contributed by atoms with Crippen LogP contribution >= 0.6 is 23.4 Å². The lowest BCUT2D eigenvalue weighted by Gasteiger charge is -2.11. The molecule has 1 heterocycles. The van der Waals surface area contributed by atoms with E-state index in [0.717, 1.165) is 24.4 Å². The highest BCUT2D eigenvalue weighted by Crippen LogP contribution is 2.40. The van der Waals surface area contributed by atoms with Crippen LogP contribution in [0.5, 0.6) is 0 Å². The van der Waals surface area contributed by atoms with Crippen molar-refractivity contribution in [2.24, 2.45) is 0 Å². The van der Waals surface area contributed by atoms with Crippen LogP contribution in [-0.2, 0) is 4.79 Å². The van der Waals surface area contributed by atoms with E-state index in [1.807, 2.05) is 35.0 Å². The Hall–Kier alpha value is -2.91. The van der Waals surface area contributed by atoms with Crippen molar-refractivity contribution in [3.05, 3.63) is 69.5 Å². The van der Waals surface area contributed by atoms with Gasteiger partial charge in [0.15, 0.2) is 0 Å². The molecule has 154 valence electrons. The molecule has 1 fully saturated rings. The van der Waals surface area contributed by atoms with Gasteiger partial charge in [-0.1, -0.05) is 41.6 Å². The second-order valence-electron chi connectivity index (χ2n) is 6.94. The van der Waals surface area contributed by atoms with Crippen LogP contribution < -0.4 is 5.32 Å². The van der Waals surface area contributed by atoms with Gasteiger partial charge in [-0.2, -0.15) is 0 Å². The van der Waals surface area contributed by atoms with Crippen LogP contribution in [0.25, 0.3) is 5.69 Å². The molecule has 8 nitrogen and oxygen atoms in total. The predicted octanol–water partition coefficient (Wildman–Crippen LogP) is 4.83. The van der Waals surface area contributed by atoms with Crippen LogP contribution in [0.15, 0.2) is 53.7 Å². The van der Waals surface area contributed by atoms with Gasteiger partial charge >= 0.3 is 0 Å². The highest BCUT2D eigenvalue weighted by Gasteiger charge is 2.31. The Kier molecular flexibility index (Phi) is 5.74. The Balaban J connectivity index is 1.48. The number of hydrogen-bond donors (Lipinski definition) is 1. The first-order chi connectivity index (χ1) is 14.4. The standard InChI is InChI=1S/C20H18ClN5O3S/c1-12(19(27)22-17-10-9-15(26(28)29)11-16(17)21)30-20-23-18(13-7-8-13)25(24-20)14-5-3-2-4-6-14/h2-6,9-13H,7-8H2,1H3,(H,22,27). The van der Waals surface area contributed by atoms with Crippen molar-refractivity contribution >= 4 is 40.6 Å². The lowest BCUT2D eigenvalue weighted by Crippen LogP contribution is -2.22. The zero-order chi connectivity index (χ0) is 21.3. The Bertz CT molecular complexity index is 1100. The molecule has 1 aliphatic rings. The molecule has 2 aromatic carbocycles. The smallest absolute Gasteiger partial charge is 0.271 e. The number of aromatic nitrogens is 3. The molecule has 1 amide bonds. The number of carbonyl (C=O) groups is 1. The third-order valence-corrected chi connectivity index (χ3v) is 5.89. The van der Waals surface area contributed by atoms with Crippen LogP contribution in [0.2, 0.25) is 5.02 Å². The van der Waals surface area contributed by atoms with E-state index in [1.165, 1.54) is 30.0 Å². The maximum absolute atomic E-state index is 12.6. The summed E-state index contributed by atoms with van der Waals surface area (Å²) in [5.41, 5.74) is 1.12. The Morgan fingerprint density at radius 2 is 2.03 bits per heavy atom. The van der Waals surface area contributed by atoms with Gasteiger partial charge in [0, 0.05) is 18.1 Å². The molecule has 3 aromatic rings. The van der Waals surface area contributed by atoms with Crippen LogP contribution in [0.3, 0.4) is 0 Å². The number of thioether (sulfide) groups is 1. The highest BCUT2D eigenvalue weighted by molar-refractivity contribution is 8.00. The molecule has 1 N–H and O–H groups in total. The largest absolute Gasteiger partial charge is 0.324 e. The molecule has 1 saturated carbocycles. The van der Waals surface area contributed by atoms with Crippen molar-refractivity contribution in [2.75, 3.05) is 5.32 Å². The number of nitrogens with one attached hydrogen (secondary N) is 1. The van der Waals surface area contributed by atoms with Crippen LogP contribution in [0.1, 0.15) is 31.5 Å². The molecule has 0 saturated heterocycles. The molecule has 0 bridgehead atoms. The highest BCUT2D eigenvalue weighted by atomic mass is 35.5. The van der Waals surface area contributed by atoms with Crippen molar-refractivity contribution in [1.82, 2.24) is 14.8 Å². The molecule has 10 heteroatoms. The SMILES string of the molecule is CC(Sc1nc(C2CC2)n(-c2ccccc2)n1)C(=O)Nc1ccc([N+](=O)[O-])cc1Cl. The van der Waals surface area contributed by atoms with Crippen molar-refractivity contribution in [3.8, 4) is 5.69 Å². The van der Waals surface area contributed by atoms with Crippen LogP contribution in [-0.4, -0.2) is 30.8 Å². The van der Waals surface area contributed by atoms with E-state index in [-0.39, 0.29) is 16.6 Å². The van der Waals surface area contributed by atoms with Gasteiger partial charge in [-0.3, -0.25) is 14.9 Å². The first kappa shape index (κ1) is 20.4. The fourth-order valence-electron chi connectivity index (χ4n) is 2.88. The fourth-order valence-corrected chi connectivity index (χ4v) is 3.86. The number of nitrogens with zero attached hydrogens (tertiary/aromatic N) is 4. The lowest BCUT2D eigenvalue weighted by molar-refractivity contribution is -0.384. The van der Waals surface area contributed by atoms with E-state index in [9.17, 15) is 14.9 Å². The van der Waals surface area contributed by atoms with E-state index in [4.69, 9.17) is 11.6 Å². The minimum Gasteiger partial charge on any atom is -0.324 e. The normalized spacial score (nSPS) is 14.3. The number of nitro benzene ring substituents is 1. The fraction of sp³-hybridized carbons (Fsp3) is 0.250. The van der Waals surface area contributed by atoms with Gasteiger partial charge in [-0.25, -0.2) is 9.67 Å². The number of anilines is 1. The van der Waals surface area contributed by atoms with Crippen molar-refractivity contribution in [1.29, 1.82) is 0 Å². The maximum atomic E-state index is 12.6. The Morgan fingerprint density at radius 3 is 2.67 bits per heavy atom. The first-order valence-corrected chi connectivity index (χ1v) is 10.6. The number of non-ortho nitro benzene ring substituents is 1. The summed E-state index contributed by atoms with van der Waals surface area (Å²) in [6.45, 7) is 1.75. The quantitative estimate of drug-likeness (QED) is 0.319. The van der Waals surface area contributed by atoms with Gasteiger partial charge in [0.2, 0.25) is 11.1 Å². The number of rotatable bonds is 7. The number of carbonyl (C=O) groups excluding carboxylic acids is 1. The summed E-state index contributed by atoms with van der Waals surface area (Å²) in [6.07, 6.45) is 2.18. The van der Waals surface area contributed by atoms with E-state index in [0.29, 0.717) is 16.8 Å². The van der Waals surface area contributed by atoms with Gasteiger partial charge in [-0.05, 0) is 38.0 Å². The van der Waals surface area contributed by atoms with E-state index < -0.39 is 10.2 Å². The second kappa shape index (κ2) is 8.45. The molecule has 30 heavy (non-hydrogen) atoms. The third-order valence-electron chi connectivity index (χ3n) is 4.63. The van der Waals surface area contributed by atoms with Gasteiger partial charge in [0.05, 0.1) is 26.6 Å². The van der Waals surface area contributed by atoms with Gasteiger partial charge < -0.3 is 5.32 Å². The van der Waals surface area contributed by atoms with Gasteiger partial charge in [-0.15, -0.1) is 5.10 Å². The monoisotopic (exact) mass is 443 g/mol. The summed E-state index contributed by atoms with van der Waals surface area (Å²) in [7, 11) is 0. The molecule has 0 aliphatic heterocycles. The summed E-state index contributed by atoms with van der Waals surface area (Å²) in [5, 5.41) is 18.3. The molecule has 1 unspecified atom stereocenters. The number of benzene rings is 2. The first-order valence-electron chi connectivity index (χ1n) is 9.36. The van der Waals surface area contributed by atoms with E-state index in [2.05, 4.69) is 15.4 Å². The number of nitro groups is 1. The number of hydrogen-bond acceptors (Lipinski definition) is 6. The minimum absolute atomic E-state index is 0.109. The van der Waals surface area contributed by atoms with Crippen LogP contribution in [0, 0.1) is 10.1 Å². The third kappa shape index (κ3) is 4.47. The summed E-state index contributed by atoms with van der Waals surface area (Å²) < 4.78 is 1.85. The summed E-state index contributed by atoms with van der Waals surface area (Å²) in [6, 6.07) is 13.7. The molecule has 0 radical (unpaired) electrons. The number of para-hydroxylation sites is 1. The Morgan fingerprint density at radius 1 is 1.30 bits per heavy atom. The Labute approximate surface area is 181 Å². The van der Waals surface area contributed by atoms with Crippen molar-refractivity contribution in [3.63, 3.8) is 0 Å². The maximum Gasteiger partial charge on any atom is 0.271 e. The minimum atomic E-state index is -0.540. The van der Waals surface area contributed by atoms with Gasteiger partial charge in [0.1, 0.15) is 5.82 Å². The molecule has 0 spiro atoms. The van der Waals surface area contributed by atoms with Crippen molar-refractivity contribution < 1.29 is 9.72 Å². The van der Waals surface area contributed by atoms with Crippen LogP contribution in [0.4, 0.5) is 11.4 Å². The zero-order valence-corrected chi connectivity index (χ0v) is 17.6. The molecule has 1 aliphatic carbocycles. The molecule has 4 rings (SSSR count). The second-order valence-corrected chi connectivity index (χ2v) is 8.66. The number of amides is 1.